The summed E-state index contributed by atoms with van der Waals surface area (Å²) in [6.45, 7) is 4.34. The van der Waals surface area contributed by atoms with Crippen molar-refractivity contribution in [1.82, 2.24) is 0 Å². The van der Waals surface area contributed by atoms with Crippen LogP contribution >= 0.6 is 0 Å². The van der Waals surface area contributed by atoms with Gasteiger partial charge in [-0.2, -0.15) is 0 Å². The van der Waals surface area contributed by atoms with Gasteiger partial charge in [-0.25, -0.2) is 9.78 Å². The number of hydrogen-bond acceptors (Lipinski definition) is 5. The second-order valence-corrected chi connectivity index (χ2v) is 3.80. The predicted molar refractivity (Wildman–Crippen MR) is 51.4 cm³/mol. The highest BCUT2D eigenvalue weighted by molar-refractivity contribution is 4.67. The SMILES string of the molecule is C(CCOOCC1CO1)COCC1CO1. The van der Waals surface area contributed by atoms with Gasteiger partial charge >= 0.3 is 0 Å². The van der Waals surface area contributed by atoms with Gasteiger partial charge in [-0.05, 0) is 12.8 Å². The maximum Gasteiger partial charge on any atom is 0.111 e. The van der Waals surface area contributed by atoms with Crippen LogP contribution in [0.5, 0.6) is 0 Å². The molecule has 2 aliphatic heterocycles. The first-order valence-electron chi connectivity index (χ1n) is 5.50. The third-order valence-corrected chi connectivity index (χ3v) is 2.21. The number of rotatable bonds is 10. The van der Waals surface area contributed by atoms with Crippen molar-refractivity contribution in [2.75, 3.05) is 39.6 Å². The summed E-state index contributed by atoms with van der Waals surface area (Å²) >= 11 is 0. The number of hydrogen-bond donors (Lipinski definition) is 0. The van der Waals surface area contributed by atoms with Crippen LogP contribution in [0.3, 0.4) is 0 Å². The molecule has 0 amide bonds. The molecule has 2 aliphatic rings. The van der Waals surface area contributed by atoms with Gasteiger partial charge in [0.1, 0.15) is 18.8 Å². The second kappa shape index (κ2) is 6.40. The van der Waals surface area contributed by atoms with E-state index in [2.05, 4.69) is 0 Å². The first-order valence-corrected chi connectivity index (χ1v) is 5.50. The number of epoxide rings is 2. The highest BCUT2D eigenvalue weighted by Crippen LogP contribution is 2.09. The van der Waals surface area contributed by atoms with Gasteiger partial charge in [-0.1, -0.05) is 0 Å². The molecule has 15 heavy (non-hydrogen) atoms. The summed E-state index contributed by atoms with van der Waals surface area (Å²) in [5.74, 6) is 0. The molecule has 0 N–H and O–H groups in total. The molecule has 0 bridgehead atoms. The van der Waals surface area contributed by atoms with Gasteiger partial charge < -0.3 is 14.2 Å². The molecule has 2 rings (SSSR count). The molecule has 0 saturated carbocycles. The summed E-state index contributed by atoms with van der Waals surface area (Å²) in [6, 6.07) is 0. The molecular formula is C10H18O5. The van der Waals surface area contributed by atoms with Crippen LogP contribution in [0.2, 0.25) is 0 Å². The Hall–Kier alpha value is -0.200. The van der Waals surface area contributed by atoms with E-state index in [0.29, 0.717) is 19.3 Å². The van der Waals surface area contributed by atoms with Crippen LogP contribution in [0.25, 0.3) is 0 Å². The van der Waals surface area contributed by atoms with E-state index in [1.807, 2.05) is 0 Å². The third-order valence-electron chi connectivity index (χ3n) is 2.21. The highest BCUT2D eigenvalue weighted by Gasteiger charge is 2.23. The first kappa shape index (κ1) is 11.3. The van der Waals surface area contributed by atoms with Gasteiger partial charge in [0.15, 0.2) is 0 Å². The Labute approximate surface area is 89.5 Å². The van der Waals surface area contributed by atoms with Crippen LogP contribution in [0.1, 0.15) is 12.8 Å². The highest BCUT2D eigenvalue weighted by atomic mass is 17.2. The van der Waals surface area contributed by atoms with Crippen molar-refractivity contribution in [2.24, 2.45) is 0 Å². The van der Waals surface area contributed by atoms with Gasteiger partial charge in [0, 0.05) is 6.61 Å². The standard InChI is InChI=1S/C10H18O5/c1(3-11-5-9-6-12-9)2-4-14-15-8-10-7-13-10/h9-10H,1-8H2. The zero-order chi connectivity index (χ0) is 10.3. The molecule has 2 fully saturated rings. The number of ether oxygens (including phenoxy) is 3. The maximum atomic E-state index is 5.37. The molecular weight excluding hydrogens is 200 g/mol. The molecule has 2 unspecified atom stereocenters. The Morgan fingerprint density at radius 2 is 1.53 bits per heavy atom. The van der Waals surface area contributed by atoms with Gasteiger partial charge in [0.2, 0.25) is 0 Å². The first-order chi connectivity index (χ1) is 7.45. The quantitative estimate of drug-likeness (QED) is 0.232. The van der Waals surface area contributed by atoms with Gasteiger partial charge in [0.05, 0.1) is 26.4 Å². The molecule has 0 aromatic carbocycles. The summed E-state index contributed by atoms with van der Waals surface area (Å²) in [5.41, 5.74) is 0. The van der Waals surface area contributed by atoms with E-state index in [0.717, 1.165) is 39.3 Å². The fourth-order valence-electron chi connectivity index (χ4n) is 1.09. The Bertz CT molecular complexity index is 149. The van der Waals surface area contributed by atoms with Crippen LogP contribution in [0, 0.1) is 0 Å². The van der Waals surface area contributed by atoms with E-state index in [1.54, 1.807) is 0 Å². The summed E-state index contributed by atoms with van der Waals surface area (Å²) in [7, 11) is 0. The zero-order valence-electron chi connectivity index (χ0n) is 8.85. The molecule has 2 atom stereocenters. The van der Waals surface area contributed by atoms with Crippen LogP contribution < -0.4 is 0 Å². The average molecular weight is 218 g/mol. The molecule has 0 radical (unpaired) electrons. The zero-order valence-corrected chi connectivity index (χ0v) is 8.85. The molecule has 2 saturated heterocycles. The van der Waals surface area contributed by atoms with Crippen molar-refractivity contribution in [1.29, 1.82) is 0 Å². The Balaban J connectivity index is 1.23. The van der Waals surface area contributed by atoms with Crippen molar-refractivity contribution >= 4 is 0 Å². The molecule has 5 nitrogen and oxygen atoms in total. The fourth-order valence-corrected chi connectivity index (χ4v) is 1.09. The van der Waals surface area contributed by atoms with Crippen molar-refractivity contribution in [3.05, 3.63) is 0 Å². The molecule has 88 valence electrons. The van der Waals surface area contributed by atoms with Gasteiger partial charge in [-0.15, -0.1) is 0 Å². The minimum atomic E-state index is 0.270. The van der Waals surface area contributed by atoms with Crippen LogP contribution in [0.4, 0.5) is 0 Å². The van der Waals surface area contributed by atoms with Gasteiger partial charge in [0.25, 0.3) is 0 Å². The normalized spacial score (nSPS) is 28.0. The minimum Gasteiger partial charge on any atom is -0.379 e. The van der Waals surface area contributed by atoms with Gasteiger partial charge in [-0.3, -0.25) is 0 Å². The lowest BCUT2D eigenvalue weighted by atomic mass is 10.3. The summed E-state index contributed by atoms with van der Waals surface area (Å²) in [4.78, 5) is 9.89. The lowest BCUT2D eigenvalue weighted by Gasteiger charge is -2.03. The largest absolute Gasteiger partial charge is 0.379 e. The molecule has 0 aromatic rings. The summed E-state index contributed by atoms with van der Waals surface area (Å²) < 4.78 is 15.3. The molecule has 0 aromatic heterocycles. The summed E-state index contributed by atoms with van der Waals surface area (Å²) in [6.07, 6.45) is 2.59. The third kappa shape index (κ3) is 6.06. The van der Waals surface area contributed by atoms with E-state index in [4.69, 9.17) is 24.0 Å². The topological polar surface area (TPSA) is 52.8 Å². The number of unbranched alkanes of at least 4 members (excludes halogenated alkanes) is 1. The van der Waals surface area contributed by atoms with Crippen molar-refractivity contribution in [3.8, 4) is 0 Å². The smallest absolute Gasteiger partial charge is 0.111 e. The Morgan fingerprint density at radius 1 is 0.867 bits per heavy atom. The molecule has 5 heteroatoms. The van der Waals surface area contributed by atoms with E-state index in [-0.39, 0.29) is 6.10 Å². The predicted octanol–water partition coefficient (Wildman–Crippen LogP) is 0.529. The summed E-state index contributed by atoms with van der Waals surface area (Å²) in [5, 5.41) is 0. The van der Waals surface area contributed by atoms with E-state index < -0.39 is 0 Å². The second-order valence-electron chi connectivity index (χ2n) is 3.80. The average Bonchev–Trinajstić information content (AvgIpc) is 3.10. The monoisotopic (exact) mass is 218 g/mol. The Morgan fingerprint density at radius 3 is 2.27 bits per heavy atom. The maximum absolute atomic E-state index is 5.37. The van der Waals surface area contributed by atoms with Crippen molar-refractivity contribution < 1.29 is 24.0 Å². The minimum absolute atomic E-state index is 0.270. The lowest BCUT2D eigenvalue weighted by molar-refractivity contribution is -0.296. The van der Waals surface area contributed by atoms with E-state index >= 15 is 0 Å². The molecule has 0 spiro atoms. The molecule has 0 aliphatic carbocycles. The Kier molecular flexibility index (Phi) is 4.82. The van der Waals surface area contributed by atoms with E-state index in [1.165, 1.54) is 0 Å². The van der Waals surface area contributed by atoms with Crippen molar-refractivity contribution in [3.63, 3.8) is 0 Å². The fraction of sp³-hybridized carbons (Fsp3) is 1.00. The lowest BCUT2D eigenvalue weighted by Crippen LogP contribution is -2.06. The van der Waals surface area contributed by atoms with Crippen LogP contribution in [-0.4, -0.2) is 51.8 Å². The molecule has 2 heterocycles. The van der Waals surface area contributed by atoms with Crippen molar-refractivity contribution in [2.45, 2.75) is 25.0 Å². The van der Waals surface area contributed by atoms with Crippen LogP contribution in [-0.2, 0) is 24.0 Å². The van der Waals surface area contributed by atoms with Crippen LogP contribution in [0.15, 0.2) is 0 Å². The van der Waals surface area contributed by atoms with E-state index in [9.17, 15) is 0 Å².